The average molecular weight is 387 g/mol. The van der Waals surface area contributed by atoms with E-state index in [1.54, 1.807) is 0 Å². The van der Waals surface area contributed by atoms with Crippen molar-refractivity contribution >= 4 is 39.1 Å². The number of halogens is 3. The van der Waals surface area contributed by atoms with Gasteiger partial charge in [-0.15, -0.1) is 0 Å². The van der Waals surface area contributed by atoms with Crippen LogP contribution in [0.3, 0.4) is 0 Å². The molecule has 1 N–H and O–H groups in total. The fourth-order valence-corrected chi connectivity index (χ4v) is 3.32. The molecule has 1 unspecified atom stereocenters. The van der Waals surface area contributed by atoms with Crippen LogP contribution in [0.5, 0.6) is 0 Å². The van der Waals surface area contributed by atoms with Crippen LogP contribution < -0.4 is 5.32 Å². The summed E-state index contributed by atoms with van der Waals surface area (Å²) in [6.45, 7) is 5.09. The van der Waals surface area contributed by atoms with Crippen molar-refractivity contribution < 1.29 is 0 Å². The van der Waals surface area contributed by atoms with Gasteiger partial charge in [0.1, 0.15) is 0 Å². The van der Waals surface area contributed by atoms with Crippen LogP contribution >= 0.6 is 39.1 Å². The van der Waals surface area contributed by atoms with Gasteiger partial charge in [-0.1, -0.05) is 58.2 Å². The van der Waals surface area contributed by atoms with E-state index >= 15 is 0 Å². The van der Waals surface area contributed by atoms with E-state index in [2.05, 4.69) is 46.4 Å². The molecule has 21 heavy (non-hydrogen) atoms. The molecule has 112 valence electrons. The molecule has 0 bridgehead atoms. The lowest BCUT2D eigenvalue weighted by atomic mass is 9.97. The minimum Gasteiger partial charge on any atom is -0.306 e. The number of benzene rings is 2. The summed E-state index contributed by atoms with van der Waals surface area (Å²) in [6.07, 6.45) is 1.07. The fourth-order valence-electron chi connectivity index (χ4n) is 2.25. The van der Waals surface area contributed by atoms with Gasteiger partial charge in [0, 0.05) is 14.5 Å². The first-order chi connectivity index (χ1) is 10.0. The zero-order valence-electron chi connectivity index (χ0n) is 12.1. The first-order valence-corrected chi connectivity index (χ1v) is 8.51. The Morgan fingerprint density at radius 2 is 1.86 bits per heavy atom. The Morgan fingerprint density at radius 3 is 2.48 bits per heavy atom. The zero-order chi connectivity index (χ0) is 15.4. The number of nitrogens with one attached hydrogen (secondary N) is 1. The minimum atomic E-state index is 0.0815. The van der Waals surface area contributed by atoms with Gasteiger partial charge >= 0.3 is 0 Å². The lowest BCUT2D eigenvalue weighted by Crippen LogP contribution is -2.23. The van der Waals surface area contributed by atoms with E-state index in [0.29, 0.717) is 0 Å². The molecule has 0 fully saturated rings. The van der Waals surface area contributed by atoms with E-state index in [1.165, 1.54) is 0 Å². The summed E-state index contributed by atoms with van der Waals surface area (Å²) >= 11 is 16.0. The van der Waals surface area contributed by atoms with Gasteiger partial charge in [0.15, 0.2) is 0 Å². The molecule has 0 aliphatic rings. The van der Waals surface area contributed by atoms with Gasteiger partial charge in [-0.3, -0.25) is 0 Å². The molecule has 0 spiro atoms. The molecule has 0 saturated carbocycles. The average Bonchev–Trinajstić information content (AvgIpc) is 2.42. The van der Waals surface area contributed by atoms with Gasteiger partial charge in [-0.2, -0.15) is 0 Å². The summed E-state index contributed by atoms with van der Waals surface area (Å²) in [4.78, 5) is 0. The molecule has 0 heterocycles. The van der Waals surface area contributed by atoms with Crippen LogP contribution in [0.25, 0.3) is 0 Å². The van der Waals surface area contributed by atoms with Crippen LogP contribution in [0.4, 0.5) is 0 Å². The van der Waals surface area contributed by atoms with Gasteiger partial charge in [-0.05, 0) is 60.8 Å². The second-order valence-electron chi connectivity index (χ2n) is 5.10. The van der Waals surface area contributed by atoms with E-state index in [9.17, 15) is 0 Å². The number of aryl methyl sites for hydroxylation is 1. The summed E-state index contributed by atoms with van der Waals surface area (Å²) in [5.41, 5.74) is 3.36. The Morgan fingerprint density at radius 1 is 1.10 bits per heavy atom. The predicted molar refractivity (Wildman–Crippen MR) is 95.5 cm³/mol. The van der Waals surface area contributed by atoms with Gasteiger partial charge in [0.05, 0.1) is 6.04 Å². The van der Waals surface area contributed by atoms with E-state index in [1.807, 2.05) is 25.1 Å². The summed E-state index contributed by atoms with van der Waals surface area (Å²) in [5, 5.41) is 5.08. The molecule has 0 radical (unpaired) electrons. The van der Waals surface area contributed by atoms with Crippen molar-refractivity contribution in [3.8, 4) is 0 Å². The lowest BCUT2D eigenvalue weighted by molar-refractivity contribution is 0.598. The number of hydrogen-bond acceptors (Lipinski definition) is 1. The molecule has 2 aromatic carbocycles. The first-order valence-electron chi connectivity index (χ1n) is 6.96. The standard InChI is InChI=1S/C17H18BrCl2N/c1-3-6-21-17(12-5-4-11(2)16(20)9-12)13-7-14(18)10-15(19)8-13/h4-5,7-10,17,21H,3,6H2,1-2H3. The van der Waals surface area contributed by atoms with Crippen molar-refractivity contribution in [3.05, 3.63) is 67.6 Å². The first kappa shape index (κ1) is 16.8. The normalized spacial score (nSPS) is 12.4. The van der Waals surface area contributed by atoms with Gasteiger partial charge in [0.25, 0.3) is 0 Å². The molecule has 1 atom stereocenters. The molecule has 2 aromatic rings. The second-order valence-corrected chi connectivity index (χ2v) is 6.86. The summed E-state index contributed by atoms with van der Waals surface area (Å²) in [7, 11) is 0. The smallest absolute Gasteiger partial charge is 0.0578 e. The quantitative estimate of drug-likeness (QED) is 0.649. The molecule has 4 heteroatoms. The van der Waals surface area contributed by atoms with Crippen molar-refractivity contribution in [1.29, 1.82) is 0 Å². The maximum Gasteiger partial charge on any atom is 0.0578 e. The van der Waals surface area contributed by atoms with Crippen LogP contribution in [-0.2, 0) is 0 Å². The van der Waals surface area contributed by atoms with Crippen molar-refractivity contribution in [1.82, 2.24) is 5.32 Å². The van der Waals surface area contributed by atoms with Crippen LogP contribution in [-0.4, -0.2) is 6.54 Å². The number of hydrogen-bond donors (Lipinski definition) is 1. The molecular formula is C17H18BrCl2N. The minimum absolute atomic E-state index is 0.0815. The fraction of sp³-hybridized carbons (Fsp3) is 0.294. The van der Waals surface area contributed by atoms with Crippen molar-refractivity contribution in [2.24, 2.45) is 0 Å². The summed E-state index contributed by atoms with van der Waals surface area (Å²) in [6, 6.07) is 12.3. The second kappa shape index (κ2) is 7.64. The Kier molecular flexibility index (Phi) is 6.12. The van der Waals surface area contributed by atoms with Gasteiger partial charge in [-0.25, -0.2) is 0 Å². The van der Waals surface area contributed by atoms with E-state index in [4.69, 9.17) is 23.2 Å². The maximum absolute atomic E-state index is 6.28. The maximum atomic E-state index is 6.28. The van der Waals surface area contributed by atoms with Crippen LogP contribution in [0.2, 0.25) is 10.0 Å². The van der Waals surface area contributed by atoms with Crippen molar-refractivity contribution in [3.63, 3.8) is 0 Å². The van der Waals surface area contributed by atoms with Gasteiger partial charge in [0.2, 0.25) is 0 Å². The SMILES string of the molecule is CCCNC(c1cc(Cl)cc(Br)c1)c1ccc(C)c(Cl)c1. The highest BCUT2D eigenvalue weighted by atomic mass is 79.9. The van der Waals surface area contributed by atoms with E-state index in [-0.39, 0.29) is 6.04 Å². The molecular weight excluding hydrogens is 369 g/mol. The summed E-state index contributed by atoms with van der Waals surface area (Å²) < 4.78 is 0.978. The van der Waals surface area contributed by atoms with E-state index < -0.39 is 0 Å². The lowest BCUT2D eigenvalue weighted by Gasteiger charge is -2.21. The monoisotopic (exact) mass is 385 g/mol. The van der Waals surface area contributed by atoms with Crippen molar-refractivity contribution in [2.75, 3.05) is 6.54 Å². The Bertz CT molecular complexity index is 608. The van der Waals surface area contributed by atoms with Crippen LogP contribution in [0.15, 0.2) is 40.9 Å². The molecule has 0 amide bonds. The largest absolute Gasteiger partial charge is 0.306 e. The highest BCUT2D eigenvalue weighted by Crippen LogP contribution is 2.30. The number of rotatable bonds is 5. The molecule has 2 rings (SSSR count). The third kappa shape index (κ3) is 4.46. The predicted octanol–water partition coefficient (Wildman–Crippen LogP) is 6.15. The Hall–Kier alpha value is -0.540. The summed E-state index contributed by atoms with van der Waals surface area (Å²) in [5.74, 6) is 0. The highest BCUT2D eigenvalue weighted by Gasteiger charge is 2.15. The van der Waals surface area contributed by atoms with Crippen molar-refractivity contribution in [2.45, 2.75) is 26.3 Å². The molecule has 0 saturated heterocycles. The Balaban J connectivity index is 2.43. The third-order valence-corrected chi connectivity index (χ3v) is 4.43. The van der Waals surface area contributed by atoms with Gasteiger partial charge < -0.3 is 5.32 Å². The van der Waals surface area contributed by atoms with E-state index in [0.717, 1.165) is 44.2 Å². The molecule has 1 nitrogen and oxygen atoms in total. The topological polar surface area (TPSA) is 12.0 Å². The van der Waals surface area contributed by atoms with Crippen LogP contribution in [0.1, 0.15) is 36.1 Å². The highest BCUT2D eigenvalue weighted by molar-refractivity contribution is 9.10. The molecule has 0 aliphatic heterocycles. The third-order valence-electron chi connectivity index (χ3n) is 3.35. The van der Waals surface area contributed by atoms with Crippen LogP contribution in [0, 0.1) is 6.92 Å². The molecule has 0 aliphatic carbocycles. The zero-order valence-corrected chi connectivity index (χ0v) is 15.2. The molecule has 0 aromatic heterocycles. The Labute approximate surface area is 144 Å².